The second-order valence-corrected chi connectivity index (χ2v) is 4.76. The van der Waals surface area contributed by atoms with Crippen molar-refractivity contribution >= 4 is 17.5 Å². The zero-order valence-electron chi connectivity index (χ0n) is 12.3. The summed E-state index contributed by atoms with van der Waals surface area (Å²) in [5, 5.41) is 14.1. The van der Waals surface area contributed by atoms with E-state index >= 15 is 0 Å². The van der Waals surface area contributed by atoms with Gasteiger partial charge in [0, 0.05) is 19.2 Å². The van der Waals surface area contributed by atoms with Crippen molar-refractivity contribution in [3.63, 3.8) is 0 Å². The van der Waals surface area contributed by atoms with Crippen LogP contribution in [0.4, 0.5) is 5.69 Å². The van der Waals surface area contributed by atoms with Crippen LogP contribution >= 0.6 is 0 Å². The maximum Gasteiger partial charge on any atom is 0.233 e. The number of hydrogen-bond donors (Lipinski definition) is 2. The fraction of sp³-hybridized carbons (Fsp3) is 0.400. The molecule has 0 spiro atoms. The van der Waals surface area contributed by atoms with Gasteiger partial charge in [0.2, 0.25) is 11.8 Å². The fourth-order valence-corrected chi connectivity index (χ4v) is 1.80. The van der Waals surface area contributed by atoms with E-state index < -0.39 is 0 Å². The largest absolute Gasteiger partial charge is 0.358 e. The van der Waals surface area contributed by atoms with Crippen LogP contribution in [-0.2, 0) is 9.59 Å². The summed E-state index contributed by atoms with van der Waals surface area (Å²) in [7, 11) is 3.43. The van der Waals surface area contributed by atoms with E-state index in [1.54, 1.807) is 31.3 Å². The van der Waals surface area contributed by atoms with E-state index in [9.17, 15) is 9.59 Å². The zero-order valence-corrected chi connectivity index (χ0v) is 12.3. The summed E-state index contributed by atoms with van der Waals surface area (Å²) in [5.74, 6) is -0.145. The minimum absolute atomic E-state index is 0.0460. The van der Waals surface area contributed by atoms with Crippen LogP contribution in [-0.4, -0.2) is 43.9 Å². The van der Waals surface area contributed by atoms with Crippen molar-refractivity contribution in [2.45, 2.75) is 12.8 Å². The molecular weight excluding hydrogens is 268 g/mol. The number of nitriles is 1. The first-order chi connectivity index (χ1) is 10.0. The number of nitrogens with one attached hydrogen (secondary N) is 2. The average molecular weight is 288 g/mol. The predicted molar refractivity (Wildman–Crippen MR) is 80.6 cm³/mol. The van der Waals surface area contributed by atoms with Crippen LogP contribution in [0.5, 0.6) is 0 Å². The number of carbonyl (C=O) groups is 2. The van der Waals surface area contributed by atoms with Gasteiger partial charge in [-0.1, -0.05) is 6.07 Å². The molecule has 112 valence electrons. The summed E-state index contributed by atoms with van der Waals surface area (Å²) in [6.07, 6.45) is 1.03. The van der Waals surface area contributed by atoms with Crippen molar-refractivity contribution in [1.29, 1.82) is 5.26 Å². The topological polar surface area (TPSA) is 85.2 Å². The number of nitrogens with zero attached hydrogens (tertiary/aromatic N) is 2. The van der Waals surface area contributed by atoms with E-state index in [0.29, 0.717) is 37.2 Å². The molecule has 0 heterocycles. The summed E-state index contributed by atoms with van der Waals surface area (Å²) >= 11 is 0. The van der Waals surface area contributed by atoms with Crippen LogP contribution in [0, 0.1) is 11.3 Å². The number of benzene rings is 1. The van der Waals surface area contributed by atoms with Gasteiger partial charge in [0.15, 0.2) is 0 Å². The van der Waals surface area contributed by atoms with Gasteiger partial charge in [-0.15, -0.1) is 0 Å². The van der Waals surface area contributed by atoms with Gasteiger partial charge in [0.25, 0.3) is 0 Å². The van der Waals surface area contributed by atoms with Crippen molar-refractivity contribution < 1.29 is 9.59 Å². The van der Waals surface area contributed by atoms with Crippen molar-refractivity contribution in [2.24, 2.45) is 0 Å². The smallest absolute Gasteiger partial charge is 0.233 e. The number of amides is 2. The molecule has 1 aromatic rings. The van der Waals surface area contributed by atoms with Crippen LogP contribution in [0.25, 0.3) is 0 Å². The monoisotopic (exact) mass is 288 g/mol. The molecule has 0 bridgehead atoms. The van der Waals surface area contributed by atoms with Gasteiger partial charge in [-0.25, -0.2) is 0 Å². The Hall–Kier alpha value is -2.39. The highest BCUT2D eigenvalue weighted by molar-refractivity contribution is 5.90. The number of carbonyl (C=O) groups excluding carboxylic acids is 2. The molecule has 0 aliphatic heterocycles. The van der Waals surface area contributed by atoms with Gasteiger partial charge >= 0.3 is 0 Å². The van der Waals surface area contributed by atoms with Crippen LogP contribution in [0.1, 0.15) is 18.4 Å². The first kappa shape index (κ1) is 16.7. The lowest BCUT2D eigenvalue weighted by Crippen LogP contribution is -2.33. The van der Waals surface area contributed by atoms with E-state index in [4.69, 9.17) is 5.26 Å². The van der Waals surface area contributed by atoms with Gasteiger partial charge < -0.3 is 10.6 Å². The highest BCUT2D eigenvalue weighted by Gasteiger charge is 2.07. The molecule has 0 unspecified atom stereocenters. The Morgan fingerprint density at radius 2 is 2.10 bits per heavy atom. The third-order valence-corrected chi connectivity index (χ3v) is 2.91. The Morgan fingerprint density at radius 1 is 1.33 bits per heavy atom. The lowest BCUT2D eigenvalue weighted by Gasteiger charge is -2.15. The summed E-state index contributed by atoms with van der Waals surface area (Å²) < 4.78 is 0. The summed E-state index contributed by atoms with van der Waals surface area (Å²) in [5.41, 5.74) is 1.14. The van der Waals surface area contributed by atoms with Gasteiger partial charge in [-0.05, 0) is 38.2 Å². The van der Waals surface area contributed by atoms with Crippen LogP contribution < -0.4 is 10.6 Å². The summed E-state index contributed by atoms with van der Waals surface area (Å²) in [6.45, 7) is 0.988. The molecule has 1 rings (SSSR count). The molecule has 6 heteroatoms. The van der Waals surface area contributed by atoms with E-state index in [1.807, 2.05) is 18.0 Å². The predicted octanol–water partition coefficient (Wildman–Crippen LogP) is 0.955. The molecule has 0 fully saturated rings. The Morgan fingerprint density at radius 3 is 2.76 bits per heavy atom. The number of anilines is 1. The average Bonchev–Trinajstić information content (AvgIpc) is 2.47. The quantitative estimate of drug-likeness (QED) is 0.782. The molecular formula is C15H20N4O2. The van der Waals surface area contributed by atoms with Gasteiger partial charge in [-0.2, -0.15) is 5.26 Å². The normalized spacial score (nSPS) is 10.0. The minimum Gasteiger partial charge on any atom is -0.358 e. The lowest BCUT2D eigenvalue weighted by atomic mass is 10.2. The van der Waals surface area contributed by atoms with Crippen LogP contribution in [0.15, 0.2) is 24.3 Å². The molecule has 2 N–H and O–H groups in total. The van der Waals surface area contributed by atoms with Crippen molar-refractivity contribution in [3.8, 4) is 6.07 Å². The molecule has 2 amide bonds. The fourth-order valence-electron chi connectivity index (χ4n) is 1.80. The highest BCUT2D eigenvalue weighted by Crippen LogP contribution is 2.10. The Bertz CT molecular complexity index is 537. The molecule has 0 saturated carbocycles. The molecule has 0 aliphatic carbocycles. The Balaban J connectivity index is 2.31. The molecule has 0 saturated heterocycles. The minimum atomic E-state index is -0.0987. The third kappa shape index (κ3) is 6.54. The maximum absolute atomic E-state index is 11.8. The number of hydrogen-bond acceptors (Lipinski definition) is 4. The van der Waals surface area contributed by atoms with E-state index in [0.717, 1.165) is 0 Å². The molecule has 1 aromatic carbocycles. The van der Waals surface area contributed by atoms with Crippen molar-refractivity contribution in [2.75, 3.05) is 32.5 Å². The van der Waals surface area contributed by atoms with Crippen molar-refractivity contribution in [3.05, 3.63) is 29.8 Å². The molecule has 0 aromatic heterocycles. The van der Waals surface area contributed by atoms with Gasteiger partial charge in [0.05, 0.1) is 18.2 Å². The van der Waals surface area contributed by atoms with Gasteiger partial charge in [0.1, 0.15) is 0 Å². The standard InChI is InChI=1S/C15H20N4O2/c1-17-15(21)11-19(2)8-4-7-14(20)18-13-6-3-5-12(9-13)10-16/h3,5-6,9H,4,7-8,11H2,1-2H3,(H,17,21)(H,18,20). The van der Waals surface area contributed by atoms with E-state index in [2.05, 4.69) is 10.6 Å². The van der Waals surface area contributed by atoms with E-state index in [-0.39, 0.29) is 11.8 Å². The van der Waals surface area contributed by atoms with Gasteiger partial charge in [-0.3, -0.25) is 14.5 Å². The summed E-state index contributed by atoms with van der Waals surface area (Å²) in [6, 6.07) is 8.82. The first-order valence-electron chi connectivity index (χ1n) is 6.74. The molecule has 0 radical (unpaired) electrons. The molecule has 6 nitrogen and oxygen atoms in total. The molecule has 21 heavy (non-hydrogen) atoms. The summed E-state index contributed by atoms with van der Waals surface area (Å²) in [4.78, 5) is 24.8. The van der Waals surface area contributed by atoms with Crippen LogP contribution in [0.2, 0.25) is 0 Å². The second-order valence-electron chi connectivity index (χ2n) is 4.76. The maximum atomic E-state index is 11.8. The van der Waals surface area contributed by atoms with Crippen LogP contribution in [0.3, 0.4) is 0 Å². The zero-order chi connectivity index (χ0) is 15.7. The Kier molecular flexibility index (Phi) is 6.92. The lowest BCUT2D eigenvalue weighted by molar-refractivity contribution is -0.121. The molecule has 0 aliphatic rings. The second kappa shape index (κ2) is 8.72. The number of likely N-dealkylation sites (N-methyl/N-ethyl adjacent to an activating group) is 2. The molecule has 0 atom stereocenters. The first-order valence-corrected chi connectivity index (χ1v) is 6.74. The SMILES string of the molecule is CNC(=O)CN(C)CCCC(=O)Nc1cccc(C#N)c1. The number of rotatable bonds is 7. The van der Waals surface area contributed by atoms with E-state index in [1.165, 1.54) is 0 Å². The Labute approximate surface area is 124 Å². The van der Waals surface area contributed by atoms with Crippen molar-refractivity contribution in [1.82, 2.24) is 10.2 Å². The highest BCUT2D eigenvalue weighted by atomic mass is 16.2. The third-order valence-electron chi connectivity index (χ3n) is 2.91.